The van der Waals surface area contributed by atoms with Crippen molar-refractivity contribution in [2.24, 2.45) is 11.1 Å². The van der Waals surface area contributed by atoms with Crippen LogP contribution in [0.15, 0.2) is 22.9 Å². The summed E-state index contributed by atoms with van der Waals surface area (Å²) in [5.41, 5.74) is 4.87. The quantitative estimate of drug-likeness (QED) is 0.0314. The van der Waals surface area contributed by atoms with Crippen LogP contribution in [0.4, 0.5) is 5.13 Å². The number of halogens is 1. The van der Waals surface area contributed by atoms with E-state index in [1.165, 1.54) is 37.7 Å². The molecule has 2 fully saturated rings. The van der Waals surface area contributed by atoms with E-state index < -0.39 is 46.1 Å². The molecular weight excluding hydrogens is 777 g/mol. The van der Waals surface area contributed by atoms with E-state index in [9.17, 15) is 34.5 Å². The van der Waals surface area contributed by atoms with Crippen LogP contribution in [0.25, 0.3) is 5.70 Å². The van der Waals surface area contributed by atoms with Crippen molar-refractivity contribution in [2.75, 3.05) is 44.2 Å². The number of phenolic OH excluding ortho intramolecular Hbond substituents is 2. The van der Waals surface area contributed by atoms with Crippen LogP contribution >= 0.6 is 34.9 Å². The molecule has 2 amide bonds. The van der Waals surface area contributed by atoms with E-state index in [1.807, 2.05) is 0 Å². The van der Waals surface area contributed by atoms with Gasteiger partial charge in [-0.1, -0.05) is 16.8 Å². The number of fused-ring (bicyclic) bond motifs is 1. The average molecular weight is 812 g/mol. The number of aromatic hydroxyl groups is 2. The van der Waals surface area contributed by atoms with Crippen LogP contribution in [0.3, 0.4) is 0 Å². The van der Waals surface area contributed by atoms with Crippen molar-refractivity contribution in [1.82, 2.24) is 40.2 Å². The predicted molar refractivity (Wildman–Crippen MR) is 188 cm³/mol. The summed E-state index contributed by atoms with van der Waals surface area (Å²) in [6.45, 7) is 5.40. The number of aliphatic carboxylic acids is 1. The fraction of sp³-hybridized carbons (Fsp3) is 0.484. The Bertz CT molecular complexity index is 1990. The van der Waals surface area contributed by atoms with Crippen molar-refractivity contribution in [3.63, 3.8) is 0 Å². The molecular formula is C31H35ClN11NaO8S2. The number of tetrazole rings is 1. The third kappa shape index (κ3) is 8.51. The van der Waals surface area contributed by atoms with Gasteiger partial charge in [0, 0.05) is 29.3 Å². The number of amides is 2. The Labute approximate surface area is 343 Å². The summed E-state index contributed by atoms with van der Waals surface area (Å²) in [6.07, 6.45) is 2.67. The largest absolute Gasteiger partial charge is 1.00 e. The zero-order chi connectivity index (χ0) is 38.1. The van der Waals surface area contributed by atoms with Gasteiger partial charge >= 0.3 is 29.6 Å². The van der Waals surface area contributed by atoms with E-state index in [0.29, 0.717) is 29.0 Å². The number of thioether (sulfide) groups is 1. The van der Waals surface area contributed by atoms with Gasteiger partial charge in [-0.25, -0.2) is 0 Å². The van der Waals surface area contributed by atoms with Crippen molar-refractivity contribution < 1.29 is 73.4 Å². The minimum Gasteiger partial charge on any atom is -0.546 e. The summed E-state index contributed by atoms with van der Waals surface area (Å²) in [5.74, 6) is -4.36. The number of ketones is 1. The number of nitrogen functional groups attached to an aromatic ring is 1. The molecule has 5 heterocycles. The van der Waals surface area contributed by atoms with E-state index in [2.05, 4.69) is 40.5 Å². The van der Waals surface area contributed by atoms with Crippen molar-refractivity contribution in [1.29, 1.82) is 0 Å². The van der Waals surface area contributed by atoms with E-state index in [0.717, 1.165) is 49.5 Å². The minimum atomic E-state index is -1.88. The fourth-order valence-electron chi connectivity index (χ4n) is 6.51. The van der Waals surface area contributed by atoms with Crippen LogP contribution in [-0.4, -0.2) is 123 Å². The van der Waals surface area contributed by atoms with E-state index in [4.69, 9.17) is 22.2 Å². The first-order valence-electron chi connectivity index (χ1n) is 16.5. The average Bonchev–Trinajstić information content (AvgIpc) is 3.82. The molecule has 2 aromatic heterocycles. The van der Waals surface area contributed by atoms with E-state index >= 15 is 0 Å². The number of nitrogens with two attached hydrogens (primary N) is 1. The topological polar surface area (TPSA) is 273 Å². The number of β-lactam (4-membered cyclic amide) rings is 1. The molecule has 54 heavy (non-hydrogen) atoms. The molecule has 3 aromatic rings. The molecule has 0 radical (unpaired) electrons. The predicted octanol–water partition coefficient (Wildman–Crippen LogP) is -3.09. The maximum atomic E-state index is 13.9. The first kappa shape index (κ1) is 41.3. The Morgan fingerprint density at radius 1 is 1.24 bits per heavy atom. The molecule has 3 aliphatic rings. The number of hydrogen-bond donors (Lipinski definition) is 4. The number of nitrogens with zero attached hydrogens (tertiary/aromatic N) is 9. The molecule has 23 heteroatoms. The number of carboxylic acids is 1. The Hall–Kier alpha value is -3.86. The number of carbonyl (C=O) groups is 4. The van der Waals surface area contributed by atoms with Crippen LogP contribution in [-0.2, 0) is 19.2 Å². The fourth-order valence-corrected chi connectivity index (χ4v) is 8.60. The third-order valence-electron chi connectivity index (χ3n) is 9.37. The number of quaternary nitrogens is 1. The van der Waals surface area contributed by atoms with Gasteiger partial charge in [0.1, 0.15) is 6.54 Å². The molecule has 282 valence electrons. The maximum absolute atomic E-state index is 13.9. The number of benzene rings is 1. The Kier molecular flexibility index (Phi) is 12.9. The Morgan fingerprint density at radius 2 is 1.98 bits per heavy atom. The zero-order valence-corrected chi connectivity index (χ0v) is 33.9. The summed E-state index contributed by atoms with van der Waals surface area (Å²) >= 11 is 8.40. The van der Waals surface area contributed by atoms with Crippen molar-refractivity contribution >= 4 is 75.0 Å². The number of carbonyl (C=O) groups excluding carboxylic acids is 4. The van der Waals surface area contributed by atoms with Crippen LogP contribution in [0.1, 0.15) is 61.5 Å². The van der Waals surface area contributed by atoms with Crippen LogP contribution in [0, 0.1) is 5.92 Å². The molecule has 1 aromatic carbocycles. The second-order valence-electron chi connectivity index (χ2n) is 13.4. The first-order valence-corrected chi connectivity index (χ1v) is 18.7. The molecule has 0 unspecified atom stereocenters. The molecule has 2 atom stereocenters. The third-order valence-corrected chi connectivity index (χ3v) is 11.7. The summed E-state index contributed by atoms with van der Waals surface area (Å²) in [6, 6.07) is 2.53. The Morgan fingerprint density at radius 3 is 2.63 bits per heavy atom. The van der Waals surface area contributed by atoms with Crippen molar-refractivity contribution in [3.05, 3.63) is 39.9 Å². The molecule has 5 N–H and O–H groups in total. The minimum absolute atomic E-state index is 0. The molecule has 2 saturated heterocycles. The van der Waals surface area contributed by atoms with Crippen LogP contribution in [0.2, 0.25) is 5.02 Å². The zero-order valence-electron chi connectivity index (χ0n) is 29.5. The number of piperidine rings is 1. The summed E-state index contributed by atoms with van der Waals surface area (Å²) < 4.78 is 4.64. The monoisotopic (exact) mass is 811 g/mol. The summed E-state index contributed by atoms with van der Waals surface area (Å²) in [4.78, 5) is 62.7. The van der Waals surface area contributed by atoms with E-state index in [1.54, 1.807) is 4.90 Å². The summed E-state index contributed by atoms with van der Waals surface area (Å²) in [7, 11) is 0. The van der Waals surface area contributed by atoms with Gasteiger partial charge in [-0.05, 0) is 45.2 Å². The van der Waals surface area contributed by atoms with Gasteiger partial charge in [-0.15, -0.1) is 11.8 Å². The SMILES string of the molecule is CC(C)(O/N=C(\C(=O)C[C@@H]1C(=O)N2C(c3nnn[n-]3)=C(C[N+]3(CCNC(=O)c4ccc(O)c(O)c4Cl)CCCCC3)CS[C@H]12)c1nsc(N)n1)C(=O)[O-].[Na+]. The molecule has 19 nitrogen and oxygen atoms in total. The number of phenols is 2. The molecule has 0 saturated carbocycles. The molecule has 6 rings (SSSR count). The first-order chi connectivity index (χ1) is 25.2. The second-order valence-corrected chi connectivity index (χ2v) is 15.6. The van der Waals surface area contributed by atoms with E-state index in [-0.39, 0.29) is 81.5 Å². The van der Waals surface area contributed by atoms with Gasteiger partial charge < -0.3 is 45.6 Å². The second kappa shape index (κ2) is 16.9. The maximum Gasteiger partial charge on any atom is 1.00 e. The number of anilines is 1. The normalized spacial score (nSPS) is 19.7. The van der Waals surface area contributed by atoms with Gasteiger partial charge in [0.05, 0.1) is 65.5 Å². The molecule has 3 aliphatic heterocycles. The van der Waals surface area contributed by atoms with Gasteiger partial charge in [-0.2, -0.15) is 14.6 Å². The number of aromatic nitrogens is 6. The number of oxime groups is 1. The summed E-state index contributed by atoms with van der Waals surface area (Å²) in [5, 5.41) is 52.6. The molecule has 0 bridgehead atoms. The number of carboxylic acid groups (broad SMARTS) is 1. The van der Waals surface area contributed by atoms with Crippen molar-refractivity contribution in [3.8, 4) is 11.5 Å². The van der Waals surface area contributed by atoms with Crippen molar-refractivity contribution in [2.45, 2.75) is 50.5 Å². The number of likely N-dealkylation sites (tertiary alicyclic amines) is 1. The van der Waals surface area contributed by atoms with Gasteiger partial charge in [0.2, 0.25) is 11.7 Å². The van der Waals surface area contributed by atoms with Gasteiger partial charge in [0.25, 0.3) is 5.91 Å². The number of nitrogens with one attached hydrogen (secondary N) is 1. The number of rotatable bonds is 14. The number of hydrogen-bond acceptors (Lipinski definition) is 17. The molecule has 0 aliphatic carbocycles. The van der Waals surface area contributed by atoms with Gasteiger partial charge in [-0.3, -0.25) is 29.6 Å². The number of Topliss-reactive ketones (excluding diaryl/α,β-unsaturated/α-hetero) is 1. The standard InChI is InChI=1S/C31H36ClN11O8S2.Na/c1-31(2,29(49)50)51-38-21(24-35-30(33)53-39-24)19(45)12-17-27(48)42-22(25-36-40-41-37-25)15(14-52-28(17)42)13-43(9-4-3-5-10-43)11-8-34-26(47)16-6-7-18(44)23(46)20(16)32;/h6-7,17,28H,3-5,8-14H2,1-2H3,(H6-,33,34,35,36,37,38,39,40,41,44,45,46,47,49,50);/q;+1/p-1/t17-,28-;/m1./s1. The smallest absolute Gasteiger partial charge is 0.546 e. The Balaban J connectivity index is 0.00000561. The van der Waals surface area contributed by atoms with Crippen LogP contribution in [0.5, 0.6) is 11.5 Å². The van der Waals surface area contributed by atoms with Crippen LogP contribution < -0.4 is 50.8 Å². The molecule has 0 spiro atoms. The van der Waals surface area contributed by atoms with Gasteiger partial charge in [0.15, 0.2) is 33.7 Å².